The Balaban J connectivity index is 1.77. The van der Waals surface area contributed by atoms with Crippen LogP contribution in [0.2, 0.25) is 0 Å². The van der Waals surface area contributed by atoms with E-state index >= 15 is 0 Å². The topological polar surface area (TPSA) is 81.8 Å². The van der Waals surface area contributed by atoms with E-state index in [1.807, 2.05) is 55.8 Å². The molecule has 0 aliphatic carbocycles. The number of aryl methyl sites for hydroxylation is 2. The number of amides is 1. The average molecular weight is 365 g/mol. The van der Waals surface area contributed by atoms with Crippen molar-refractivity contribution in [3.8, 4) is 5.69 Å². The normalized spacial score (nSPS) is 10.8. The van der Waals surface area contributed by atoms with Crippen molar-refractivity contribution in [2.75, 3.05) is 0 Å². The molecule has 0 fully saturated rings. The fourth-order valence-corrected chi connectivity index (χ4v) is 2.95. The molecule has 0 bridgehead atoms. The smallest absolute Gasteiger partial charge is 0.271 e. The molecule has 1 N–H and O–H groups in total. The van der Waals surface area contributed by atoms with Crippen molar-refractivity contribution in [2.24, 2.45) is 0 Å². The fraction of sp³-hybridized carbons (Fsp3) is 0.300. The first-order valence-electron chi connectivity index (χ1n) is 8.98. The molecule has 1 aromatic carbocycles. The summed E-state index contributed by atoms with van der Waals surface area (Å²) in [5.41, 5.74) is 3.81. The molecule has 1 amide bonds. The first-order valence-corrected chi connectivity index (χ1v) is 8.98. The minimum Gasteiger partial charge on any atom is -0.346 e. The maximum absolute atomic E-state index is 12.5. The van der Waals surface area contributed by atoms with Crippen LogP contribution in [0.3, 0.4) is 0 Å². The molecule has 0 unspecified atom stereocenters. The van der Waals surface area contributed by atoms with E-state index in [0.717, 1.165) is 29.1 Å². The van der Waals surface area contributed by atoms with Crippen molar-refractivity contribution >= 4 is 5.91 Å². The van der Waals surface area contributed by atoms with Crippen LogP contribution < -0.4 is 10.9 Å². The van der Waals surface area contributed by atoms with E-state index in [-0.39, 0.29) is 17.2 Å². The molecule has 7 nitrogen and oxygen atoms in total. The summed E-state index contributed by atoms with van der Waals surface area (Å²) in [5, 5.41) is 11.6. The minimum absolute atomic E-state index is 0.204. The van der Waals surface area contributed by atoms with Crippen molar-refractivity contribution in [1.82, 2.24) is 24.9 Å². The van der Waals surface area contributed by atoms with E-state index in [2.05, 4.69) is 15.5 Å². The van der Waals surface area contributed by atoms with Crippen LogP contribution >= 0.6 is 0 Å². The molecule has 3 rings (SSSR count). The third-order valence-corrected chi connectivity index (χ3v) is 4.40. The number of carbonyl (C=O) groups is 1. The largest absolute Gasteiger partial charge is 0.346 e. The second-order valence-electron chi connectivity index (χ2n) is 6.36. The van der Waals surface area contributed by atoms with Crippen LogP contribution in [0.25, 0.3) is 5.69 Å². The number of hydrogen-bond acceptors (Lipinski definition) is 4. The van der Waals surface area contributed by atoms with Gasteiger partial charge in [-0.15, -0.1) is 0 Å². The minimum atomic E-state index is -0.314. The molecular weight excluding hydrogens is 342 g/mol. The molecule has 7 heteroatoms. The molecule has 0 aliphatic heterocycles. The molecule has 0 saturated heterocycles. The maximum Gasteiger partial charge on any atom is 0.271 e. The number of rotatable bonds is 6. The van der Waals surface area contributed by atoms with Crippen molar-refractivity contribution in [3.63, 3.8) is 0 Å². The number of benzene rings is 1. The Morgan fingerprint density at radius 3 is 2.52 bits per heavy atom. The van der Waals surface area contributed by atoms with Crippen LogP contribution in [0, 0.1) is 13.8 Å². The van der Waals surface area contributed by atoms with Gasteiger partial charge in [0.2, 0.25) is 0 Å². The summed E-state index contributed by atoms with van der Waals surface area (Å²) in [5.74, 6) is -0.314. The zero-order chi connectivity index (χ0) is 19.4. The highest BCUT2D eigenvalue weighted by Crippen LogP contribution is 2.17. The highest BCUT2D eigenvalue weighted by atomic mass is 16.2. The van der Waals surface area contributed by atoms with Gasteiger partial charge in [0.25, 0.3) is 11.5 Å². The number of aromatic nitrogens is 4. The lowest BCUT2D eigenvalue weighted by Crippen LogP contribution is -2.29. The van der Waals surface area contributed by atoms with Gasteiger partial charge in [0.15, 0.2) is 0 Å². The predicted octanol–water partition coefficient (Wildman–Crippen LogP) is 2.39. The summed E-state index contributed by atoms with van der Waals surface area (Å²) < 4.78 is 3.19. The van der Waals surface area contributed by atoms with Crippen LogP contribution in [-0.4, -0.2) is 25.5 Å². The molecule has 0 spiro atoms. The monoisotopic (exact) mass is 365 g/mol. The zero-order valence-corrected chi connectivity index (χ0v) is 15.8. The first-order chi connectivity index (χ1) is 13.0. The van der Waals surface area contributed by atoms with E-state index in [1.54, 1.807) is 0 Å². The van der Waals surface area contributed by atoms with Crippen LogP contribution in [0.1, 0.15) is 40.8 Å². The van der Waals surface area contributed by atoms with Crippen molar-refractivity contribution in [1.29, 1.82) is 0 Å². The van der Waals surface area contributed by atoms with Crippen molar-refractivity contribution < 1.29 is 4.79 Å². The van der Waals surface area contributed by atoms with Gasteiger partial charge >= 0.3 is 0 Å². The molecule has 2 aromatic heterocycles. The Labute approximate surface area is 157 Å². The summed E-state index contributed by atoms with van der Waals surface area (Å²) in [6.07, 6.45) is 0.773. The van der Waals surface area contributed by atoms with E-state index < -0.39 is 0 Å². The highest BCUT2D eigenvalue weighted by molar-refractivity contribution is 5.91. The van der Waals surface area contributed by atoms with Gasteiger partial charge in [0.1, 0.15) is 5.69 Å². The number of nitrogens with zero attached hydrogens (tertiary/aromatic N) is 4. The number of para-hydroxylation sites is 1. The van der Waals surface area contributed by atoms with Gasteiger partial charge in [0.05, 0.1) is 11.4 Å². The average Bonchev–Trinajstić information content (AvgIpc) is 2.96. The first kappa shape index (κ1) is 18.6. The Morgan fingerprint density at radius 2 is 1.81 bits per heavy atom. The van der Waals surface area contributed by atoms with Gasteiger partial charge in [-0.3, -0.25) is 9.59 Å². The van der Waals surface area contributed by atoms with Crippen LogP contribution in [-0.2, 0) is 13.1 Å². The Kier molecular flexibility index (Phi) is 5.49. The molecule has 2 heterocycles. The van der Waals surface area contributed by atoms with Crippen LogP contribution in [0.15, 0.2) is 47.3 Å². The lowest BCUT2D eigenvalue weighted by Gasteiger charge is -2.08. The van der Waals surface area contributed by atoms with Crippen molar-refractivity contribution in [2.45, 2.75) is 40.3 Å². The van der Waals surface area contributed by atoms with Gasteiger partial charge in [-0.05, 0) is 38.5 Å². The molecule has 27 heavy (non-hydrogen) atoms. The summed E-state index contributed by atoms with van der Waals surface area (Å²) in [6, 6.07) is 12.7. The molecular formula is C20H23N5O2. The molecule has 140 valence electrons. The van der Waals surface area contributed by atoms with Crippen LogP contribution in [0.4, 0.5) is 0 Å². The Morgan fingerprint density at radius 1 is 1.07 bits per heavy atom. The summed E-state index contributed by atoms with van der Waals surface area (Å²) >= 11 is 0. The summed E-state index contributed by atoms with van der Waals surface area (Å²) in [4.78, 5) is 24.2. The molecule has 0 radical (unpaired) electrons. The lowest BCUT2D eigenvalue weighted by molar-refractivity contribution is 0.0943. The van der Waals surface area contributed by atoms with Crippen LogP contribution in [0.5, 0.6) is 0 Å². The van der Waals surface area contributed by atoms with Gasteiger partial charge in [-0.2, -0.15) is 10.2 Å². The van der Waals surface area contributed by atoms with Gasteiger partial charge in [-0.1, -0.05) is 25.1 Å². The maximum atomic E-state index is 12.5. The van der Waals surface area contributed by atoms with Gasteiger partial charge < -0.3 is 5.32 Å². The Hall–Kier alpha value is -3.22. The van der Waals surface area contributed by atoms with Gasteiger partial charge in [-0.25, -0.2) is 9.36 Å². The van der Waals surface area contributed by atoms with E-state index in [1.165, 1.54) is 16.8 Å². The molecule has 3 aromatic rings. The highest BCUT2D eigenvalue weighted by Gasteiger charge is 2.15. The Bertz CT molecular complexity index is 1000. The summed E-state index contributed by atoms with van der Waals surface area (Å²) in [6.45, 7) is 6.69. The number of nitrogens with one attached hydrogen (secondary N) is 1. The SMILES string of the molecule is CCCn1nc(C(=O)NCc2c(C)nn(-c3ccccc3)c2C)ccc1=O. The lowest BCUT2D eigenvalue weighted by atomic mass is 10.2. The quantitative estimate of drug-likeness (QED) is 0.727. The van der Waals surface area contributed by atoms with Gasteiger partial charge in [0, 0.05) is 30.4 Å². The van der Waals surface area contributed by atoms with E-state index in [4.69, 9.17) is 0 Å². The second kappa shape index (κ2) is 7.99. The second-order valence-corrected chi connectivity index (χ2v) is 6.36. The third-order valence-electron chi connectivity index (χ3n) is 4.40. The van der Waals surface area contributed by atoms with Crippen molar-refractivity contribution in [3.05, 3.63) is 75.5 Å². The summed E-state index contributed by atoms with van der Waals surface area (Å²) in [7, 11) is 0. The fourth-order valence-electron chi connectivity index (χ4n) is 2.95. The standard InChI is InChI=1S/C20H23N5O2/c1-4-12-24-19(26)11-10-18(23-24)20(27)21-13-17-14(2)22-25(15(17)3)16-8-6-5-7-9-16/h5-11H,4,12-13H2,1-3H3,(H,21,27). The molecule has 0 atom stereocenters. The zero-order valence-electron chi connectivity index (χ0n) is 15.8. The number of carbonyl (C=O) groups excluding carboxylic acids is 1. The number of hydrogen-bond donors (Lipinski definition) is 1. The predicted molar refractivity (Wildman–Crippen MR) is 103 cm³/mol. The molecule has 0 saturated carbocycles. The third kappa shape index (κ3) is 3.97. The van der Waals surface area contributed by atoms with E-state index in [0.29, 0.717) is 13.1 Å². The van der Waals surface area contributed by atoms with E-state index in [9.17, 15) is 9.59 Å². The molecule has 0 aliphatic rings.